The highest BCUT2D eigenvalue weighted by Crippen LogP contribution is 2.24. The Kier molecular flexibility index (Phi) is 3.82. The summed E-state index contributed by atoms with van der Waals surface area (Å²) >= 11 is 0. The highest BCUT2D eigenvalue weighted by Gasteiger charge is 2.07. The number of hydrogen-bond acceptors (Lipinski definition) is 6. The third-order valence-electron chi connectivity index (χ3n) is 3.11. The van der Waals surface area contributed by atoms with E-state index < -0.39 is 0 Å². The van der Waals surface area contributed by atoms with E-state index in [2.05, 4.69) is 15.2 Å². The summed E-state index contributed by atoms with van der Waals surface area (Å²) in [6, 6.07) is 17.4. The van der Waals surface area contributed by atoms with Crippen molar-refractivity contribution in [3.05, 3.63) is 60.2 Å². The molecule has 0 bridgehead atoms. The molecule has 0 aliphatic heterocycles. The smallest absolute Gasteiger partial charge is 0.242 e. The minimum absolute atomic E-state index is 0.0593. The maximum absolute atomic E-state index is 5.80. The van der Waals surface area contributed by atoms with Gasteiger partial charge in [-0.2, -0.15) is 4.98 Å². The average molecular weight is 293 g/mol. The van der Waals surface area contributed by atoms with Crippen LogP contribution >= 0.6 is 0 Å². The molecule has 0 fully saturated rings. The normalized spacial score (nSPS) is 10.4. The predicted octanol–water partition coefficient (Wildman–Crippen LogP) is 2.28. The maximum atomic E-state index is 5.80. The van der Waals surface area contributed by atoms with Crippen LogP contribution < -0.4 is 16.2 Å². The molecule has 0 unspecified atom stereocenters. The standard InChI is InChI=1S/C16H15N5O/c17-15-14(20-21-16(18)19-15)12-6-8-13(9-7-12)22-10-11-4-2-1-3-5-11/h1-9H,10H2,(H4,17,18,19,21). The first-order valence-corrected chi connectivity index (χ1v) is 6.75. The molecular formula is C16H15N5O. The second kappa shape index (κ2) is 6.09. The molecule has 0 spiro atoms. The third kappa shape index (κ3) is 3.12. The minimum atomic E-state index is 0.0593. The van der Waals surface area contributed by atoms with Crippen molar-refractivity contribution in [2.24, 2.45) is 0 Å². The quantitative estimate of drug-likeness (QED) is 0.765. The van der Waals surface area contributed by atoms with Gasteiger partial charge < -0.3 is 16.2 Å². The van der Waals surface area contributed by atoms with E-state index in [-0.39, 0.29) is 11.8 Å². The molecule has 0 aliphatic carbocycles. The molecule has 6 heteroatoms. The molecule has 6 nitrogen and oxygen atoms in total. The van der Waals surface area contributed by atoms with Gasteiger partial charge in [-0.3, -0.25) is 0 Å². The van der Waals surface area contributed by atoms with Gasteiger partial charge >= 0.3 is 0 Å². The van der Waals surface area contributed by atoms with Crippen LogP contribution in [0.25, 0.3) is 11.3 Å². The van der Waals surface area contributed by atoms with Crippen LogP contribution in [-0.4, -0.2) is 15.2 Å². The van der Waals surface area contributed by atoms with Gasteiger partial charge in [0.05, 0.1) is 0 Å². The van der Waals surface area contributed by atoms with Crippen molar-refractivity contribution in [2.75, 3.05) is 11.5 Å². The van der Waals surface area contributed by atoms with E-state index in [1.54, 1.807) is 0 Å². The zero-order valence-electron chi connectivity index (χ0n) is 11.8. The Morgan fingerprint density at radius 1 is 0.864 bits per heavy atom. The number of anilines is 2. The molecule has 3 aromatic rings. The van der Waals surface area contributed by atoms with Gasteiger partial charge in [0.25, 0.3) is 0 Å². The van der Waals surface area contributed by atoms with Crippen molar-refractivity contribution in [1.82, 2.24) is 15.2 Å². The Balaban J connectivity index is 1.72. The summed E-state index contributed by atoms with van der Waals surface area (Å²) in [5.41, 5.74) is 13.7. The Morgan fingerprint density at radius 2 is 1.59 bits per heavy atom. The lowest BCUT2D eigenvalue weighted by molar-refractivity contribution is 0.306. The van der Waals surface area contributed by atoms with E-state index in [9.17, 15) is 0 Å². The molecule has 0 aliphatic rings. The average Bonchev–Trinajstić information content (AvgIpc) is 2.55. The Bertz CT molecular complexity index is 759. The first kappa shape index (κ1) is 13.8. The topological polar surface area (TPSA) is 99.9 Å². The largest absolute Gasteiger partial charge is 0.489 e. The van der Waals surface area contributed by atoms with Gasteiger partial charge in [-0.1, -0.05) is 30.3 Å². The van der Waals surface area contributed by atoms with Crippen LogP contribution in [0.1, 0.15) is 5.56 Å². The number of benzene rings is 2. The first-order valence-electron chi connectivity index (χ1n) is 6.75. The second-order valence-electron chi connectivity index (χ2n) is 4.70. The van der Waals surface area contributed by atoms with Crippen LogP contribution in [0.4, 0.5) is 11.8 Å². The highest BCUT2D eigenvalue weighted by atomic mass is 16.5. The second-order valence-corrected chi connectivity index (χ2v) is 4.70. The number of ether oxygens (including phenoxy) is 1. The molecule has 0 saturated carbocycles. The molecule has 0 saturated heterocycles. The van der Waals surface area contributed by atoms with Crippen molar-refractivity contribution in [2.45, 2.75) is 6.61 Å². The number of aromatic nitrogens is 3. The fourth-order valence-corrected chi connectivity index (χ4v) is 2.01. The van der Waals surface area contributed by atoms with Gasteiger partial charge in [0.1, 0.15) is 18.1 Å². The van der Waals surface area contributed by atoms with Crippen molar-refractivity contribution >= 4 is 11.8 Å². The molecule has 0 amide bonds. The molecule has 1 heterocycles. The molecular weight excluding hydrogens is 278 g/mol. The molecule has 110 valence electrons. The van der Waals surface area contributed by atoms with E-state index in [4.69, 9.17) is 16.2 Å². The predicted molar refractivity (Wildman–Crippen MR) is 84.9 cm³/mol. The maximum Gasteiger partial charge on any atom is 0.242 e. The molecule has 3 rings (SSSR count). The van der Waals surface area contributed by atoms with Crippen LogP contribution in [0.5, 0.6) is 5.75 Å². The van der Waals surface area contributed by atoms with E-state index in [1.165, 1.54) is 0 Å². The Hall–Kier alpha value is -3.15. The van der Waals surface area contributed by atoms with Gasteiger partial charge in [-0.25, -0.2) is 0 Å². The summed E-state index contributed by atoms with van der Waals surface area (Å²) in [6.45, 7) is 0.519. The van der Waals surface area contributed by atoms with Crippen LogP contribution in [0.3, 0.4) is 0 Å². The van der Waals surface area contributed by atoms with Gasteiger partial charge in [0.2, 0.25) is 5.95 Å². The van der Waals surface area contributed by atoms with Crippen LogP contribution in [0.15, 0.2) is 54.6 Å². The lowest BCUT2D eigenvalue weighted by Gasteiger charge is -2.08. The number of hydrogen-bond donors (Lipinski definition) is 2. The number of nitrogen functional groups attached to an aromatic ring is 2. The van der Waals surface area contributed by atoms with E-state index in [0.717, 1.165) is 16.9 Å². The summed E-state index contributed by atoms with van der Waals surface area (Å²) in [7, 11) is 0. The van der Waals surface area contributed by atoms with Gasteiger partial charge in [-0.15, -0.1) is 10.2 Å². The molecule has 4 N–H and O–H groups in total. The SMILES string of the molecule is Nc1nnc(-c2ccc(OCc3ccccc3)cc2)c(N)n1. The summed E-state index contributed by atoms with van der Waals surface area (Å²) in [4.78, 5) is 3.90. The molecule has 0 atom stereocenters. The van der Waals surface area contributed by atoms with Gasteiger partial charge in [0, 0.05) is 5.56 Å². The minimum Gasteiger partial charge on any atom is -0.489 e. The molecule has 22 heavy (non-hydrogen) atoms. The Labute approximate surface area is 127 Å². The zero-order chi connectivity index (χ0) is 15.4. The number of nitrogens with two attached hydrogens (primary N) is 2. The number of rotatable bonds is 4. The van der Waals surface area contributed by atoms with E-state index in [0.29, 0.717) is 12.3 Å². The van der Waals surface area contributed by atoms with Gasteiger partial charge in [-0.05, 0) is 29.8 Å². The lowest BCUT2D eigenvalue weighted by atomic mass is 10.1. The van der Waals surface area contributed by atoms with Crippen molar-refractivity contribution in [3.8, 4) is 17.0 Å². The molecule has 0 radical (unpaired) electrons. The summed E-state index contributed by atoms with van der Waals surface area (Å²) in [5, 5.41) is 7.69. The van der Waals surface area contributed by atoms with Crippen molar-refractivity contribution in [1.29, 1.82) is 0 Å². The monoisotopic (exact) mass is 293 g/mol. The van der Waals surface area contributed by atoms with Crippen LogP contribution in [0.2, 0.25) is 0 Å². The summed E-state index contributed by atoms with van der Waals surface area (Å²) in [5.74, 6) is 1.08. The summed E-state index contributed by atoms with van der Waals surface area (Å²) < 4.78 is 5.73. The molecule has 2 aromatic carbocycles. The van der Waals surface area contributed by atoms with E-state index in [1.807, 2.05) is 54.6 Å². The van der Waals surface area contributed by atoms with Crippen LogP contribution in [-0.2, 0) is 6.61 Å². The van der Waals surface area contributed by atoms with E-state index >= 15 is 0 Å². The number of nitrogens with zero attached hydrogens (tertiary/aromatic N) is 3. The third-order valence-corrected chi connectivity index (χ3v) is 3.11. The fraction of sp³-hybridized carbons (Fsp3) is 0.0625. The summed E-state index contributed by atoms with van der Waals surface area (Å²) in [6.07, 6.45) is 0. The van der Waals surface area contributed by atoms with Crippen LogP contribution in [0, 0.1) is 0 Å². The Morgan fingerprint density at radius 3 is 2.27 bits per heavy atom. The highest BCUT2D eigenvalue weighted by molar-refractivity contribution is 5.70. The first-order chi connectivity index (χ1) is 10.7. The fourth-order valence-electron chi connectivity index (χ4n) is 2.01. The lowest BCUT2D eigenvalue weighted by Crippen LogP contribution is -2.04. The van der Waals surface area contributed by atoms with Crippen molar-refractivity contribution < 1.29 is 4.74 Å². The zero-order valence-corrected chi connectivity index (χ0v) is 11.8. The molecule has 1 aromatic heterocycles. The van der Waals surface area contributed by atoms with Crippen molar-refractivity contribution in [3.63, 3.8) is 0 Å². The van der Waals surface area contributed by atoms with Gasteiger partial charge in [0.15, 0.2) is 5.82 Å².